The topological polar surface area (TPSA) is 32.3 Å². The van der Waals surface area contributed by atoms with Gasteiger partial charge in [0.05, 0.1) is 0 Å². The molecule has 1 aromatic rings. The van der Waals surface area contributed by atoms with E-state index in [0.29, 0.717) is 6.42 Å². The van der Waals surface area contributed by atoms with Gasteiger partial charge in [-0.05, 0) is 57.4 Å². The van der Waals surface area contributed by atoms with Crippen LogP contribution in [0.25, 0.3) is 0 Å². The number of amides is 1. The fourth-order valence-corrected chi connectivity index (χ4v) is 2.86. The maximum absolute atomic E-state index is 11.7. The van der Waals surface area contributed by atoms with Gasteiger partial charge in [0.2, 0.25) is 5.91 Å². The highest BCUT2D eigenvalue weighted by Gasteiger charge is 2.19. The standard InChI is InChI=1S/C22H30N2O/c1-5-6-16-24(17-9-7-8-15-22(2,3)4)20-12-10-11-19-18(20)13-14-21(25)23-19/h7,9-12H,5-6,13-14,16-17H2,1-4H3,(H,23,25)/b9-7+. The van der Waals surface area contributed by atoms with E-state index in [4.69, 9.17) is 0 Å². The van der Waals surface area contributed by atoms with Crippen molar-refractivity contribution in [2.24, 2.45) is 5.41 Å². The van der Waals surface area contributed by atoms with Crippen LogP contribution in [0.3, 0.4) is 0 Å². The molecule has 0 saturated heterocycles. The number of nitrogens with zero attached hydrogens (tertiary/aromatic N) is 1. The normalized spacial score (nSPS) is 13.8. The Morgan fingerprint density at radius 3 is 2.80 bits per heavy atom. The lowest BCUT2D eigenvalue weighted by molar-refractivity contribution is -0.116. The summed E-state index contributed by atoms with van der Waals surface area (Å²) in [4.78, 5) is 14.1. The first-order valence-corrected chi connectivity index (χ1v) is 9.25. The zero-order valence-corrected chi connectivity index (χ0v) is 16.0. The second kappa shape index (κ2) is 8.76. The molecule has 1 aliphatic rings. The summed E-state index contributed by atoms with van der Waals surface area (Å²) in [6.45, 7) is 10.4. The number of allylic oxidation sites excluding steroid dienone is 1. The minimum atomic E-state index is 0.0307. The molecule has 0 radical (unpaired) electrons. The molecular weight excluding hydrogens is 308 g/mol. The first kappa shape index (κ1) is 19.1. The zero-order chi connectivity index (χ0) is 18.3. The van der Waals surface area contributed by atoms with E-state index in [1.807, 2.05) is 18.2 Å². The van der Waals surface area contributed by atoms with Gasteiger partial charge in [-0.25, -0.2) is 0 Å². The number of fused-ring (bicyclic) bond motifs is 1. The summed E-state index contributed by atoms with van der Waals surface area (Å²) in [7, 11) is 0. The average Bonchev–Trinajstić information content (AvgIpc) is 2.55. The second-order valence-electron chi connectivity index (χ2n) is 7.57. The van der Waals surface area contributed by atoms with Gasteiger partial charge in [-0.1, -0.05) is 37.3 Å². The molecule has 0 fully saturated rings. The minimum Gasteiger partial charge on any atom is -0.367 e. The van der Waals surface area contributed by atoms with Crippen LogP contribution in [0.4, 0.5) is 11.4 Å². The number of carbonyl (C=O) groups is 1. The van der Waals surface area contributed by atoms with Crippen molar-refractivity contribution < 1.29 is 4.79 Å². The van der Waals surface area contributed by atoms with Gasteiger partial charge >= 0.3 is 0 Å². The van der Waals surface area contributed by atoms with Crippen molar-refractivity contribution >= 4 is 17.3 Å². The third-order valence-electron chi connectivity index (χ3n) is 4.12. The van der Waals surface area contributed by atoms with Crippen molar-refractivity contribution in [3.8, 4) is 11.8 Å². The van der Waals surface area contributed by atoms with E-state index in [9.17, 15) is 4.79 Å². The Hall–Kier alpha value is -2.21. The number of hydrogen-bond acceptors (Lipinski definition) is 2. The van der Waals surface area contributed by atoms with E-state index in [1.54, 1.807) is 0 Å². The summed E-state index contributed by atoms with van der Waals surface area (Å²) in [6.07, 6.45) is 7.79. The molecule has 0 saturated carbocycles. The lowest BCUT2D eigenvalue weighted by atomic mass is 9.98. The Morgan fingerprint density at radius 2 is 2.08 bits per heavy atom. The number of benzene rings is 1. The molecule has 1 amide bonds. The van der Waals surface area contributed by atoms with Gasteiger partial charge in [-0.15, -0.1) is 0 Å². The molecule has 1 aromatic carbocycles. The van der Waals surface area contributed by atoms with Crippen LogP contribution in [0.5, 0.6) is 0 Å². The monoisotopic (exact) mass is 338 g/mol. The fourth-order valence-electron chi connectivity index (χ4n) is 2.86. The van der Waals surface area contributed by atoms with Crippen molar-refractivity contribution in [2.75, 3.05) is 23.3 Å². The average molecular weight is 338 g/mol. The predicted octanol–water partition coefficient (Wildman–Crippen LogP) is 4.78. The molecule has 25 heavy (non-hydrogen) atoms. The Labute approximate surface area is 152 Å². The van der Waals surface area contributed by atoms with Crippen LogP contribution in [0.15, 0.2) is 30.4 Å². The highest BCUT2D eigenvalue weighted by Crippen LogP contribution is 2.32. The van der Waals surface area contributed by atoms with Gasteiger partial charge in [0.25, 0.3) is 0 Å². The Kier molecular flexibility index (Phi) is 6.70. The fraction of sp³-hybridized carbons (Fsp3) is 0.500. The molecule has 0 aromatic heterocycles. The van der Waals surface area contributed by atoms with Crippen LogP contribution < -0.4 is 10.2 Å². The third kappa shape index (κ3) is 5.98. The van der Waals surface area contributed by atoms with Gasteiger partial charge in [0.15, 0.2) is 0 Å². The largest absolute Gasteiger partial charge is 0.367 e. The molecule has 3 nitrogen and oxygen atoms in total. The first-order chi connectivity index (χ1) is 11.9. The number of unbranched alkanes of at least 4 members (excludes halogenated alkanes) is 1. The summed E-state index contributed by atoms with van der Waals surface area (Å²) in [6, 6.07) is 6.20. The molecule has 3 heteroatoms. The Bertz CT molecular complexity index is 686. The van der Waals surface area contributed by atoms with E-state index in [0.717, 1.165) is 38.0 Å². The SMILES string of the molecule is CCCCN(C/C=C/C#CC(C)(C)C)c1cccc2c1CCC(=O)N2. The van der Waals surface area contributed by atoms with Crippen LogP contribution >= 0.6 is 0 Å². The number of carbonyl (C=O) groups excluding carboxylic acids is 1. The van der Waals surface area contributed by atoms with E-state index < -0.39 is 0 Å². The molecule has 0 spiro atoms. The molecule has 0 atom stereocenters. The maximum atomic E-state index is 11.7. The number of hydrogen-bond donors (Lipinski definition) is 1. The van der Waals surface area contributed by atoms with Crippen LogP contribution in [-0.4, -0.2) is 19.0 Å². The van der Waals surface area contributed by atoms with Gasteiger partial charge in [0, 0.05) is 36.3 Å². The number of nitrogens with one attached hydrogen (secondary N) is 1. The second-order valence-corrected chi connectivity index (χ2v) is 7.57. The molecule has 0 bridgehead atoms. The predicted molar refractivity (Wildman–Crippen MR) is 107 cm³/mol. The van der Waals surface area contributed by atoms with E-state index >= 15 is 0 Å². The Balaban J connectivity index is 2.17. The molecular formula is C22H30N2O. The zero-order valence-electron chi connectivity index (χ0n) is 16.0. The Morgan fingerprint density at radius 1 is 1.28 bits per heavy atom. The van der Waals surface area contributed by atoms with E-state index in [1.165, 1.54) is 11.3 Å². The van der Waals surface area contributed by atoms with Gasteiger partial charge in [0.1, 0.15) is 0 Å². The summed E-state index contributed by atoms with van der Waals surface area (Å²) in [5, 5.41) is 3.00. The highest BCUT2D eigenvalue weighted by molar-refractivity contribution is 5.95. The van der Waals surface area contributed by atoms with E-state index in [-0.39, 0.29) is 11.3 Å². The quantitative estimate of drug-likeness (QED) is 0.757. The summed E-state index contributed by atoms with van der Waals surface area (Å²) >= 11 is 0. The van der Waals surface area contributed by atoms with Gasteiger partial charge in [-0.2, -0.15) is 0 Å². The van der Waals surface area contributed by atoms with Crippen LogP contribution in [0.1, 0.15) is 52.5 Å². The van der Waals surface area contributed by atoms with Crippen molar-refractivity contribution in [3.63, 3.8) is 0 Å². The molecule has 2 rings (SSSR count). The van der Waals surface area contributed by atoms with E-state index in [2.05, 4.69) is 61.9 Å². The highest BCUT2D eigenvalue weighted by atomic mass is 16.1. The molecule has 1 aliphatic heterocycles. The summed E-state index contributed by atoms with van der Waals surface area (Å²) in [5.41, 5.74) is 3.49. The minimum absolute atomic E-state index is 0.0307. The molecule has 0 unspecified atom stereocenters. The summed E-state index contributed by atoms with van der Waals surface area (Å²) in [5.74, 6) is 6.49. The van der Waals surface area contributed by atoms with Crippen molar-refractivity contribution in [2.45, 2.75) is 53.4 Å². The molecule has 0 aliphatic carbocycles. The molecule has 1 heterocycles. The smallest absolute Gasteiger partial charge is 0.224 e. The van der Waals surface area contributed by atoms with Crippen molar-refractivity contribution in [1.29, 1.82) is 0 Å². The van der Waals surface area contributed by atoms with Crippen molar-refractivity contribution in [1.82, 2.24) is 0 Å². The lowest BCUT2D eigenvalue weighted by Crippen LogP contribution is -2.28. The van der Waals surface area contributed by atoms with Gasteiger partial charge < -0.3 is 10.2 Å². The van der Waals surface area contributed by atoms with Crippen LogP contribution in [0.2, 0.25) is 0 Å². The molecule has 134 valence electrons. The number of anilines is 2. The van der Waals surface area contributed by atoms with Crippen molar-refractivity contribution in [3.05, 3.63) is 35.9 Å². The maximum Gasteiger partial charge on any atom is 0.224 e. The number of rotatable bonds is 6. The third-order valence-corrected chi connectivity index (χ3v) is 4.12. The van der Waals surface area contributed by atoms with Gasteiger partial charge in [-0.3, -0.25) is 4.79 Å². The van der Waals surface area contributed by atoms with Crippen LogP contribution in [0, 0.1) is 17.3 Å². The lowest BCUT2D eigenvalue weighted by Gasteiger charge is -2.29. The van der Waals surface area contributed by atoms with Crippen LogP contribution in [-0.2, 0) is 11.2 Å². The summed E-state index contributed by atoms with van der Waals surface area (Å²) < 4.78 is 0. The molecule has 1 N–H and O–H groups in total. The first-order valence-electron chi connectivity index (χ1n) is 9.25.